The van der Waals surface area contributed by atoms with Gasteiger partial charge in [0.15, 0.2) is 21.5 Å². The van der Waals surface area contributed by atoms with Crippen molar-refractivity contribution in [1.29, 1.82) is 0 Å². The van der Waals surface area contributed by atoms with Crippen LogP contribution in [0.2, 0.25) is 0 Å². The average Bonchev–Trinajstić information content (AvgIpc) is 2.92. The Morgan fingerprint density at radius 3 is 2.56 bits per heavy atom. The molecular weight excluding hydrogens is 384 g/mol. The minimum atomic E-state index is -5.98. The fraction of sp³-hybridized carbons (Fsp3) is 0.500. The zero-order valence-electron chi connectivity index (χ0n) is 26.3. The number of sulfone groups is 1. The highest BCUT2D eigenvalue weighted by Gasteiger charge is 2.34. The quantitative estimate of drug-likeness (QED) is 0.775. The predicted molar refractivity (Wildman–Crippen MR) is 93.5 cm³/mol. The molecule has 1 aromatic rings. The van der Waals surface area contributed by atoms with E-state index in [1.807, 2.05) is 0 Å². The Kier molecular flexibility index (Phi) is 2.36. The van der Waals surface area contributed by atoms with Crippen molar-refractivity contribution in [2.24, 2.45) is 0 Å². The maximum Gasteiger partial charge on any atom is 0.414 e. The molecule has 2 amide bonds. The molecule has 11 heteroatoms. The van der Waals surface area contributed by atoms with Crippen LogP contribution in [0.25, 0.3) is 0 Å². The lowest BCUT2D eigenvalue weighted by molar-refractivity contribution is -0.119. The molecule has 0 spiro atoms. The standard InChI is InChI=1S/C16H19F2N3O5S/c1-10(22)19-8-12-9-21(16(23)26-12)11-6-13(17)15(14(18)7-11)20-2-4-27(24,25)5-3-20/h6-7,12H,2-5,8-9H2,1H3,(H,19,22)/t12-/m0/s1/i2D2,3D2,4D2,5D2,8D2,9D2,12D. The number of nitrogens with zero attached hydrogens (tertiary/aromatic N) is 2. The first-order valence-corrected chi connectivity index (χ1v) is 8.42. The van der Waals surface area contributed by atoms with Gasteiger partial charge in [0.05, 0.1) is 42.4 Å². The molecule has 0 saturated carbocycles. The molecule has 148 valence electrons. The molecular formula is C16H19F2N3O5S. The number of nitrogens with one attached hydrogen (secondary N) is 1. The van der Waals surface area contributed by atoms with Gasteiger partial charge in [0.25, 0.3) is 0 Å². The molecule has 1 N–H and O–H groups in total. The molecule has 1 aromatic carbocycles. The van der Waals surface area contributed by atoms with Crippen molar-refractivity contribution in [3.05, 3.63) is 23.8 Å². The lowest BCUT2D eigenvalue weighted by Gasteiger charge is -2.29. The van der Waals surface area contributed by atoms with E-state index in [-0.39, 0.29) is 17.0 Å². The summed E-state index contributed by atoms with van der Waals surface area (Å²) in [5.74, 6) is -5.27. The number of rotatable bonds is 4. The smallest absolute Gasteiger partial charge is 0.414 e. The third-order valence-corrected chi connectivity index (χ3v) is 3.72. The van der Waals surface area contributed by atoms with Crippen molar-refractivity contribution in [3.63, 3.8) is 0 Å². The molecule has 2 fully saturated rings. The molecule has 0 unspecified atom stereocenters. The predicted octanol–water partition coefficient (Wildman–Crippen LogP) is 0.661. The van der Waals surface area contributed by atoms with Crippen LogP contribution in [-0.2, 0) is 19.4 Å². The number of ether oxygens (including phenoxy) is 1. The van der Waals surface area contributed by atoms with E-state index < -0.39 is 93.2 Å². The van der Waals surface area contributed by atoms with Crippen LogP contribution in [0, 0.1) is 11.6 Å². The first-order chi connectivity index (χ1) is 17.6. The summed E-state index contributed by atoms with van der Waals surface area (Å²) in [5.41, 5.74) is -11.6. The second kappa shape index (κ2) is 7.29. The van der Waals surface area contributed by atoms with E-state index in [0.29, 0.717) is 0 Å². The third kappa shape index (κ3) is 4.29. The number of cyclic esters (lactones) is 1. The van der Waals surface area contributed by atoms with Crippen LogP contribution >= 0.6 is 0 Å². The number of carbonyl (C=O) groups excluding carboxylic acids is 2. The first kappa shape index (κ1) is 8.72. The van der Waals surface area contributed by atoms with Crippen LogP contribution < -0.4 is 15.1 Å². The van der Waals surface area contributed by atoms with Gasteiger partial charge in [0.2, 0.25) is 5.91 Å². The summed E-state index contributed by atoms with van der Waals surface area (Å²) in [7, 11) is -5.98. The van der Waals surface area contributed by atoms with Gasteiger partial charge in [-0.3, -0.25) is 9.69 Å². The summed E-state index contributed by atoms with van der Waals surface area (Å²) in [6, 6.07) is 0.106. The molecule has 1 atom stereocenters. The molecule has 2 aliphatic rings. The number of hydrogen-bond acceptors (Lipinski definition) is 6. The highest BCUT2D eigenvalue weighted by Crippen LogP contribution is 2.31. The molecule has 27 heavy (non-hydrogen) atoms. The summed E-state index contributed by atoms with van der Waals surface area (Å²) < 4.78 is 163. The summed E-state index contributed by atoms with van der Waals surface area (Å²) in [5, 5.41) is 1.57. The van der Waals surface area contributed by atoms with Crippen molar-refractivity contribution in [1.82, 2.24) is 5.32 Å². The van der Waals surface area contributed by atoms with Gasteiger partial charge in [-0.25, -0.2) is 22.0 Å². The molecule has 2 aliphatic heterocycles. The third-order valence-electron chi connectivity index (χ3n) is 3.00. The molecule has 0 bridgehead atoms. The highest BCUT2D eigenvalue weighted by molar-refractivity contribution is 7.91. The van der Waals surface area contributed by atoms with E-state index in [1.165, 1.54) is 0 Å². The van der Waals surface area contributed by atoms with Crippen LogP contribution in [0.3, 0.4) is 0 Å². The molecule has 0 aromatic heterocycles. The number of amides is 2. The van der Waals surface area contributed by atoms with E-state index >= 15 is 8.78 Å². The molecule has 0 aliphatic carbocycles. The Morgan fingerprint density at radius 1 is 1.41 bits per heavy atom. The summed E-state index contributed by atoms with van der Waals surface area (Å²) in [4.78, 5) is 22.9. The number of benzene rings is 1. The normalized spacial score (nSPS) is 41.6. The largest absolute Gasteiger partial charge is 0.442 e. The first-order valence-electron chi connectivity index (χ1n) is 13.4. The Labute approximate surface area is 173 Å². The SMILES string of the molecule is [2H]C1([2H])N(c2c(F)cc(N3C(=O)O[C@@]([2H])(C([2H])([2H])NC(C)=O)C3([2H])[2H])cc2F)C([2H])([2H])C([2H])([2H])S(=O)(=O)C1([2H])[2H]. The topological polar surface area (TPSA) is 96.0 Å². The van der Waals surface area contributed by atoms with E-state index in [4.69, 9.17) is 17.8 Å². The zero-order chi connectivity index (χ0) is 31.4. The van der Waals surface area contributed by atoms with Gasteiger partial charge < -0.3 is 15.0 Å². The molecule has 3 rings (SSSR count). The minimum absolute atomic E-state index is 0.0532. The van der Waals surface area contributed by atoms with Crippen LogP contribution in [0.1, 0.15) is 24.7 Å². The van der Waals surface area contributed by atoms with Gasteiger partial charge in [0, 0.05) is 37.5 Å². The molecule has 2 heterocycles. The van der Waals surface area contributed by atoms with Crippen molar-refractivity contribution < 1.29 is 49.3 Å². The maximum absolute atomic E-state index is 15.4. The Balaban J connectivity index is 2.24. The van der Waals surface area contributed by atoms with Crippen molar-refractivity contribution >= 4 is 33.2 Å². The number of halogens is 2. The molecule has 0 radical (unpaired) electrons. The van der Waals surface area contributed by atoms with Crippen molar-refractivity contribution in [2.75, 3.05) is 47.2 Å². The lowest BCUT2D eigenvalue weighted by Crippen LogP contribution is -2.41. The zero-order valence-corrected chi connectivity index (χ0v) is 14.1. The van der Waals surface area contributed by atoms with Crippen LogP contribution in [-0.4, -0.2) is 63.9 Å². The maximum atomic E-state index is 15.4. The second-order valence-corrected chi connectivity index (χ2v) is 6.39. The second-order valence-electron chi connectivity index (χ2n) is 4.98. The monoisotopic (exact) mass is 416 g/mol. The fourth-order valence-electron chi connectivity index (χ4n) is 1.94. The number of carbonyl (C=O) groups is 2. The fourth-order valence-corrected chi connectivity index (χ4v) is 2.42. The van der Waals surface area contributed by atoms with E-state index in [9.17, 15) is 18.0 Å². The Bertz CT molecular complexity index is 1350. The van der Waals surface area contributed by atoms with Crippen LogP contribution in [0.4, 0.5) is 25.0 Å². The van der Waals surface area contributed by atoms with Crippen LogP contribution in [0.5, 0.6) is 0 Å². The van der Waals surface area contributed by atoms with E-state index in [1.54, 1.807) is 5.32 Å². The van der Waals surface area contributed by atoms with Crippen molar-refractivity contribution in [3.8, 4) is 0 Å². The molecule has 2 saturated heterocycles. The van der Waals surface area contributed by atoms with Gasteiger partial charge >= 0.3 is 6.09 Å². The summed E-state index contributed by atoms with van der Waals surface area (Å²) in [6.07, 6.45) is -5.47. The van der Waals surface area contributed by atoms with Gasteiger partial charge in [-0.2, -0.15) is 0 Å². The molecule has 8 nitrogen and oxygen atoms in total. The van der Waals surface area contributed by atoms with E-state index in [0.717, 1.165) is 6.92 Å². The number of hydrogen-bond donors (Lipinski definition) is 1. The number of anilines is 2. The minimum Gasteiger partial charge on any atom is -0.442 e. The van der Waals surface area contributed by atoms with Gasteiger partial charge in [-0.05, 0) is 0 Å². The van der Waals surface area contributed by atoms with Crippen molar-refractivity contribution in [2.45, 2.75) is 13.0 Å². The van der Waals surface area contributed by atoms with Gasteiger partial charge in [-0.15, -0.1) is 0 Å². The summed E-state index contributed by atoms with van der Waals surface area (Å²) >= 11 is 0. The van der Waals surface area contributed by atoms with Crippen LogP contribution in [0.15, 0.2) is 12.1 Å². The van der Waals surface area contributed by atoms with Gasteiger partial charge in [-0.1, -0.05) is 0 Å². The Hall–Kier alpha value is -2.43. The van der Waals surface area contributed by atoms with Gasteiger partial charge in [0.1, 0.15) is 11.8 Å². The Morgan fingerprint density at radius 2 is 2.00 bits per heavy atom. The van der Waals surface area contributed by atoms with E-state index in [2.05, 4.69) is 4.74 Å². The average molecular weight is 416 g/mol. The lowest BCUT2D eigenvalue weighted by atomic mass is 10.2. The summed E-state index contributed by atoms with van der Waals surface area (Å²) in [6.45, 7) is -14.6. The highest BCUT2D eigenvalue weighted by atomic mass is 32.2.